The zero-order valence-electron chi connectivity index (χ0n) is 15.0. The zero-order chi connectivity index (χ0) is 19.2. The van der Waals surface area contributed by atoms with Crippen molar-refractivity contribution >= 4 is 39.2 Å². The number of hydrogen-bond acceptors (Lipinski definition) is 6. The number of Topliss-reactive ketones (excluding diaryl/α,β-unsaturated/α-hetero) is 1. The normalized spacial score (nSPS) is 17.6. The van der Waals surface area contributed by atoms with Gasteiger partial charge in [0.15, 0.2) is 11.0 Å². The lowest BCUT2D eigenvalue weighted by Crippen LogP contribution is -2.48. The Morgan fingerprint density at radius 1 is 1.41 bits per heavy atom. The Balaban J connectivity index is 1.71. The molecule has 1 amide bonds. The summed E-state index contributed by atoms with van der Waals surface area (Å²) in [4.78, 5) is 29.9. The van der Waals surface area contributed by atoms with Gasteiger partial charge in [0.25, 0.3) is 0 Å². The van der Waals surface area contributed by atoms with Crippen LogP contribution in [0.15, 0.2) is 24.3 Å². The number of nitrogens with two attached hydrogens (primary N) is 1. The number of fused-ring (bicyclic) bond motifs is 1. The lowest BCUT2D eigenvalue weighted by molar-refractivity contribution is -0.123. The third-order valence-electron chi connectivity index (χ3n) is 4.50. The number of rotatable bonds is 8. The number of ketones is 1. The average Bonchev–Trinajstić information content (AvgIpc) is 3.32. The molecule has 0 aliphatic carbocycles. The van der Waals surface area contributed by atoms with Crippen LogP contribution in [0.5, 0.6) is 0 Å². The number of nitrogens with one attached hydrogen (secondary N) is 4. The smallest absolute Gasteiger partial charge is 0.237 e. The summed E-state index contributed by atoms with van der Waals surface area (Å²) in [5.74, 6) is -0.430. The molecule has 2 atom stereocenters. The molecule has 6 N–H and O–H groups in total. The second-order valence-electron chi connectivity index (χ2n) is 6.54. The predicted molar refractivity (Wildman–Crippen MR) is 106 cm³/mol. The standard InChI is InChI=1S/C18H24N6O2S/c19-18(20)22-10-3-6-12(23-16(26)13-7-4-9-21-13)15(25)17-24-11-5-1-2-8-14(11)27-17/h1-2,5,8,12-13,21H,3-4,6-7,9-10H2,(H,23,26)(H4,19,20,22)/t12?,13-/m0/s1. The molecular weight excluding hydrogens is 364 g/mol. The van der Waals surface area contributed by atoms with Crippen LogP contribution in [0.25, 0.3) is 10.2 Å². The minimum atomic E-state index is -0.644. The summed E-state index contributed by atoms with van der Waals surface area (Å²) < 4.78 is 0.946. The van der Waals surface area contributed by atoms with Gasteiger partial charge in [0, 0.05) is 6.54 Å². The molecule has 2 heterocycles. The number of guanidine groups is 1. The number of aromatic nitrogens is 1. The number of thiazole rings is 1. The Bertz CT molecular complexity index is 797. The first-order valence-electron chi connectivity index (χ1n) is 9.06. The quantitative estimate of drug-likeness (QED) is 0.198. The summed E-state index contributed by atoms with van der Waals surface area (Å²) in [6.45, 7) is 1.29. The first-order valence-corrected chi connectivity index (χ1v) is 9.87. The SMILES string of the molecule is N=C(N)NCCCC(NC(=O)[C@@H]1CCCN1)C(=O)c1nc2ccccc2s1. The molecule has 0 spiro atoms. The van der Waals surface area contributed by atoms with Crippen molar-refractivity contribution in [1.29, 1.82) is 5.41 Å². The number of amides is 1. The maximum Gasteiger partial charge on any atom is 0.237 e. The Morgan fingerprint density at radius 2 is 2.22 bits per heavy atom. The van der Waals surface area contributed by atoms with E-state index in [1.54, 1.807) is 0 Å². The van der Waals surface area contributed by atoms with Gasteiger partial charge in [0.05, 0.1) is 22.3 Å². The summed E-state index contributed by atoms with van der Waals surface area (Å²) in [5.41, 5.74) is 6.07. The lowest BCUT2D eigenvalue weighted by Gasteiger charge is -2.19. The van der Waals surface area contributed by atoms with Crippen molar-refractivity contribution in [3.05, 3.63) is 29.3 Å². The molecule has 1 saturated heterocycles. The number of carbonyl (C=O) groups is 2. The molecule has 1 unspecified atom stereocenters. The molecule has 8 nitrogen and oxygen atoms in total. The Labute approximate surface area is 161 Å². The Hall–Kier alpha value is -2.52. The number of para-hydroxylation sites is 1. The van der Waals surface area contributed by atoms with E-state index < -0.39 is 6.04 Å². The first kappa shape index (κ1) is 19.2. The molecule has 27 heavy (non-hydrogen) atoms. The molecule has 3 rings (SSSR count). The van der Waals surface area contributed by atoms with Crippen LogP contribution in [0.2, 0.25) is 0 Å². The second-order valence-corrected chi connectivity index (χ2v) is 7.57. The summed E-state index contributed by atoms with van der Waals surface area (Å²) >= 11 is 1.34. The molecular formula is C18H24N6O2S. The van der Waals surface area contributed by atoms with Gasteiger partial charge in [-0.05, 0) is 44.4 Å². The third kappa shape index (κ3) is 5.01. The average molecular weight is 388 g/mol. The van der Waals surface area contributed by atoms with Crippen LogP contribution in [0, 0.1) is 5.41 Å². The van der Waals surface area contributed by atoms with Crippen molar-refractivity contribution in [2.75, 3.05) is 13.1 Å². The molecule has 144 valence electrons. The summed E-state index contributed by atoms with van der Waals surface area (Å²) in [6.07, 6.45) is 2.78. The highest BCUT2D eigenvalue weighted by Gasteiger charge is 2.29. The van der Waals surface area contributed by atoms with Gasteiger partial charge in [-0.25, -0.2) is 4.98 Å². The molecule has 0 saturated carbocycles. The predicted octanol–water partition coefficient (Wildman–Crippen LogP) is 0.979. The van der Waals surface area contributed by atoms with Crippen LogP contribution in [0.1, 0.15) is 35.5 Å². The zero-order valence-corrected chi connectivity index (χ0v) is 15.8. The van der Waals surface area contributed by atoms with Crippen molar-refractivity contribution in [3.8, 4) is 0 Å². The highest BCUT2D eigenvalue weighted by molar-refractivity contribution is 7.20. The van der Waals surface area contributed by atoms with Crippen molar-refractivity contribution < 1.29 is 9.59 Å². The van der Waals surface area contributed by atoms with E-state index in [4.69, 9.17) is 11.1 Å². The number of benzene rings is 1. The topological polar surface area (TPSA) is 133 Å². The third-order valence-corrected chi connectivity index (χ3v) is 5.55. The van der Waals surface area contributed by atoms with Gasteiger partial charge < -0.3 is 21.7 Å². The Kier molecular flexibility index (Phi) is 6.36. The molecule has 9 heteroatoms. The van der Waals surface area contributed by atoms with Gasteiger partial charge in [-0.3, -0.25) is 15.0 Å². The largest absolute Gasteiger partial charge is 0.370 e. The fourth-order valence-corrected chi connectivity index (χ4v) is 4.07. The summed E-state index contributed by atoms with van der Waals surface area (Å²) in [5, 5.41) is 16.4. The lowest BCUT2D eigenvalue weighted by atomic mass is 10.1. The monoisotopic (exact) mass is 388 g/mol. The maximum absolute atomic E-state index is 13.0. The molecule has 2 aromatic rings. The van der Waals surface area contributed by atoms with Crippen molar-refractivity contribution in [2.45, 2.75) is 37.8 Å². The van der Waals surface area contributed by atoms with E-state index in [2.05, 4.69) is 20.9 Å². The Morgan fingerprint density at radius 3 is 2.93 bits per heavy atom. The van der Waals surface area contributed by atoms with E-state index in [1.165, 1.54) is 11.3 Å². The van der Waals surface area contributed by atoms with Crippen LogP contribution in [-0.2, 0) is 4.79 Å². The van der Waals surface area contributed by atoms with Crippen LogP contribution in [0.4, 0.5) is 0 Å². The van der Waals surface area contributed by atoms with Crippen LogP contribution in [0.3, 0.4) is 0 Å². The summed E-state index contributed by atoms with van der Waals surface area (Å²) in [6, 6.07) is 6.70. The second kappa shape index (κ2) is 8.92. The van der Waals surface area contributed by atoms with E-state index in [0.29, 0.717) is 24.4 Å². The summed E-state index contributed by atoms with van der Waals surface area (Å²) in [7, 11) is 0. The van der Waals surface area contributed by atoms with E-state index >= 15 is 0 Å². The van der Waals surface area contributed by atoms with Crippen molar-refractivity contribution in [1.82, 2.24) is 20.9 Å². The van der Waals surface area contributed by atoms with Crippen LogP contribution >= 0.6 is 11.3 Å². The van der Waals surface area contributed by atoms with Gasteiger partial charge in [0.1, 0.15) is 0 Å². The van der Waals surface area contributed by atoms with Crippen LogP contribution < -0.4 is 21.7 Å². The van der Waals surface area contributed by atoms with E-state index in [0.717, 1.165) is 29.6 Å². The highest BCUT2D eigenvalue weighted by atomic mass is 32.1. The van der Waals surface area contributed by atoms with E-state index in [1.807, 2.05) is 24.3 Å². The first-order chi connectivity index (χ1) is 13.0. The minimum Gasteiger partial charge on any atom is -0.370 e. The molecule has 1 aliphatic rings. The molecule has 1 aliphatic heterocycles. The van der Waals surface area contributed by atoms with Crippen molar-refractivity contribution in [3.63, 3.8) is 0 Å². The highest BCUT2D eigenvalue weighted by Crippen LogP contribution is 2.23. The fourth-order valence-electron chi connectivity index (χ4n) is 3.11. The molecule has 1 aromatic heterocycles. The van der Waals surface area contributed by atoms with E-state index in [9.17, 15) is 9.59 Å². The number of hydrogen-bond donors (Lipinski definition) is 5. The van der Waals surface area contributed by atoms with Gasteiger partial charge in [0.2, 0.25) is 11.7 Å². The molecule has 1 aromatic carbocycles. The van der Waals surface area contributed by atoms with Gasteiger partial charge in [-0.1, -0.05) is 12.1 Å². The van der Waals surface area contributed by atoms with Gasteiger partial charge >= 0.3 is 0 Å². The minimum absolute atomic E-state index is 0.108. The van der Waals surface area contributed by atoms with E-state index in [-0.39, 0.29) is 23.7 Å². The van der Waals surface area contributed by atoms with Gasteiger partial charge in [-0.2, -0.15) is 0 Å². The van der Waals surface area contributed by atoms with Crippen molar-refractivity contribution in [2.24, 2.45) is 5.73 Å². The fraction of sp³-hybridized carbons (Fsp3) is 0.444. The van der Waals surface area contributed by atoms with Gasteiger partial charge in [-0.15, -0.1) is 11.3 Å². The maximum atomic E-state index is 13.0. The number of carbonyl (C=O) groups excluding carboxylic acids is 2. The molecule has 0 bridgehead atoms. The number of nitrogens with zero attached hydrogens (tertiary/aromatic N) is 1. The van der Waals surface area contributed by atoms with Crippen LogP contribution in [-0.4, -0.2) is 47.8 Å². The molecule has 1 fully saturated rings. The molecule has 0 radical (unpaired) electrons.